The third-order valence-corrected chi connectivity index (χ3v) is 12.4. The largest absolute Gasteiger partial charge is 0.456 e. The molecule has 1 heterocycles. The van der Waals surface area contributed by atoms with Crippen LogP contribution in [0.25, 0.3) is 55.3 Å². The van der Waals surface area contributed by atoms with Crippen molar-refractivity contribution in [2.24, 2.45) is 23.7 Å². The van der Waals surface area contributed by atoms with Gasteiger partial charge in [-0.1, -0.05) is 91.0 Å². The maximum Gasteiger partial charge on any atom is 0.135 e. The smallest absolute Gasteiger partial charge is 0.135 e. The van der Waals surface area contributed by atoms with E-state index in [9.17, 15) is 0 Å². The van der Waals surface area contributed by atoms with Crippen molar-refractivity contribution in [2.45, 2.75) is 37.5 Å². The summed E-state index contributed by atoms with van der Waals surface area (Å²) < 4.78 is 6.40. The van der Waals surface area contributed by atoms with E-state index in [0.717, 1.165) is 35.2 Å². The van der Waals surface area contributed by atoms with E-state index >= 15 is 0 Å². The maximum atomic E-state index is 6.40. The Morgan fingerprint density at radius 1 is 0.444 bits per heavy atom. The highest BCUT2D eigenvalue weighted by Crippen LogP contribution is 2.69. The first kappa shape index (κ1) is 24.7. The fourth-order valence-corrected chi connectivity index (χ4v) is 11.0. The van der Waals surface area contributed by atoms with Crippen LogP contribution >= 0.6 is 0 Å². The molecule has 1 aliphatic heterocycles. The fraction of sp³-hybridized carbons (Fsp3) is 0.227. The van der Waals surface area contributed by atoms with Crippen molar-refractivity contribution in [3.8, 4) is 56.0 Å². The fourth-order valence-electron chi connectivity index (χ4n) is 11.0. The molecule has 6 aromatic carbocycles. The molecule has 1 spiro atoms. The SMILES string of the molecule is c1cc(-c2ccc3c(c2)-c2cccc4cccc(c24)O3)cc(-c2ccc3c(c2)C2(c4ccccc4-3)C3CC4CC(C3)CC2C4)c1. The number of hydrogen-bond acceptors (Lipinski definition) is 1. The van der Waals surface area contributed by atoms with Crippen LogP contribution in [0.3, 0.4) is 0 Å². The minimum Gasteiger partial charge on any atom is -0.456 e. The number of hydrogen-bond donors (Lipinski definition) is 0. The first-order chi connectivity index (χ1) is 22.2. The van der Waals surface area contributed by atoms with Crippen LogP contribution in [-0.2, 0) is 5.41 Å². The molecule has 0 atom stereocenters. The van der Waals surface area contributed by atoms with Crippen molar-refractivity contribution in [1.82, 2.24) is 0 Å². The molecule has 0 saturated heterocycles. The number of rotatable bonds is 2. The van der Waals surface area contributed by atoms with Crippen LogP contribution in [0.2, 0.25) is 0 Å². The summed E-state index contributed by atoms with van der Waals surface area (Å²) in [6, 6.07) is 45.6. The standard InChI is InChI=1S/C44H34O/c1-2-12-39-35(10-1)36-16-14-32(25-40(36)44(39)33-19-26-18-27(21-33)22-34(44)20-26)30-9-3-8-29(23-30)31-15-17-41-38(24-31)37-11-4-6-28-7-5-13-42(45-41)43(28)37/h1-17,23-27,33-34H,18-22H2. The molecular weight excluding hydrogens is 544 g/mol. The van der Waals surface area contributed by atoms with E-state index in [1.165, 1.54) is 87.4 Å². The van der Waals surface area contributed by atoms with Crippen molar-refractivity contribution in [1.29, 1.82) is 0 Å². The minimum atomic E-state index is 0.197. The van der Waals surface area contributed by atoms with Crippen LogP contribution in [0.15, 0.2) is 121 Å². The summed E-state index contributed by atoms with van der Waals surface area (Å²) in [6.45, 7) is 0. The van der Waals surface area contributed by atoms with Gasteiger partial charge in [0.2, 0.25) is 0 Å². The summed E-state index contributed by atoms with van der Waals surface area (Å²) in [7, 11) is 0. The molecule has 45 heavy (non-hydrogen) atoms. The van der Waals surface area contributed by atoms with Gasteiger partial charge in [0, 0.05) is 16.4 Å². The van der Waals surface area contributed by atoms with Gasteiger partial charge in [-0.2, -0.15) is 0 Å². The average Bonchev–Trinajstić information content (AvgIpc) is 3.37. The third kappa shape index (κ3) is 3.24. The maximum absolute atomic E-state index is 6.40. The Morgan fingerprint density at radius 3 is 1.91 bits per heavy atom. The molecule has 1 heteroatoms. The van der Waals surface area contributed by atoms with Crippen molar-refractivity contribution >= 4 is 10.8 Å². The van der Waals surface area contributed by atoms with Gasteiger partial charge in [0.05, 0.1) is 0 Å². The highest BCUT2D eigenvalue weighted by Gasteiger charge is 2.61. The topological polar surface area (TPSA) is 9.23 Å². The molecule has 4 fully saturated rings. The monoisotopic (exact) mass is 578 g/mol. The Labute approximate surface area is 264 Å². The Bertz CT molecular complexity index is 2190. The van der Waals surface area contributed by atoms with Gasteiger partial charge in [0.1, 0.15) is 11.5 Å². The molecule has 0 unspecified atom stereocenters. The lowest BCUT2D eigenvalue weighted by Crippen LogP contribution is -2.55. The molecule has 216 valence electrons. The van der Waals surface area contributed by atoms with Gasteiger partial charge in [0.15, 0.2) is 0 Å². The lowest BCUT2D eigenvalue weighted by Gasteiger charge is -2.61. The molecule has 0 N–H and O–H groups in total. The van der Waals surface area contributed by atoms with Crippen LogP contribution in [-0.4, -0.2) is 0 Å². The first-order valence-electron chi connectivity index (χ1n) is 16.9. The molecule has 5 aliphatic carbocycles. The summed E-state index contributed by atoms with van der Waals surface area (Å²) in [4.78, 5) is 0. The molecule has 12 rings (SSSR count). The van der Waals surface area contributed by atoms with Crippen molar-refractivity contribution in [2.75, 3.05) is 0 Å². The Kier molecular flexibility index (Phi) is 4.80. The number of fused-ring (bicyclic) bond motifs is 5. The first-order valence-corrected chi connectivity index (χ1v) is 16.9. The number of ether oxygens (including phenoxy) is 1. The summed E-state index contributed by atoms with van der Waals surface area (Å²) in [5.41, 5.74) is 14.0. The second kappa shape index (κ2) is 8.76. The van der Waals surface area contributed by atoms with E-state index in [2.05, 4.69) is 121 Å². The Balaban J connectivity index is 1.03. The van der Waals surface area contributed by atoms with Gasteiger partial charge in [0.25, 0.3) is 0 Å². The van der Waals surface area contributed by atoms with E-state index < -0.39 is 0 Å². The Hall–Kier alpha value is -4.62. The second-order valence-electron chi connectivity index (χ2n) is 14.5. The molecule has 0 amide bonds. The molecule has 0 radical (unpaired) electrons. The molecule has 1 nitrogen and oxygen atoms in total. The average molecular weight is 579 g/mol. The third-order valence-electron chi connectivity index (χ3n) is 12.4. The highest BCUT2D eigenvalue weighted by molar-refractivity contribution is 6.04. The van der Waals surface area contributed by atoms with Crippen LogP contribution in [0, 0.1) is 23.7 Å². The van der Waals surface area contributed by atoms with Crippen molar-refractivity contribution in [3.05, 3.63) is 132 Å². The van der Waals surface area contributed by atoms with E-state index in [-0.39, 0.29) is 5.41 Å². The van der Waals surface area contributed by atoms with Gasteiger partial charge in [-0.15, -0.1) is 0 Å². The molecule has 4 saturated carbocycles. The quantitative estimate of drug-likeness (QED) is 0.198. The summed E-state index contributed by atoms with van der Waals surface area (Å²) in [5.74, 6) is 5.35. The predicted octanol–water partition coefficient (Wildman–Crippen LogP) is 11.7. The van der Waals surface area contributed by atoms with Gasteiger partial charge in [-0.05, 0) is 142 Å². The van der Waals surface area contributed by atoms with Crippen molar-refractivity contribution < 1.29 is 4.74 Å². The summed E-state index contributed by atoms with van der Waals surface area (Å²) in [5, 5.41) is 2.43. The van der Waals surface area contributed by atoms with Gasteiger partial charge in [-0.25, -0.2) is 0 Å². The normalized spacial score (nSPS) is 26.0. The molecule has 6 aliphatic rings. The van der Waals surface area contributed by atoms with Crippen LogP contribution in [0.5, 0.6) is 11.5 Å². The van der Waals surface area contributed by atoms with Gasteiger partial charge < -0.3 is 4.74 Å². The summed E-state index contributed by atoms with van der Waals surface area (Å²) >= 11 is 0. The number of benzene rings is 6. The highest BCUT2D eigenvalue weighted by atomic mass is 16.5. The lowest BCUT2D eigenvalue weighted by molar-refractivity contribution is -0.0399. The molecular formula is C44H34O. The zero-order valence-electron chi connectivity index (χ0n) is 25.3. The van der Waals surface area contributed by atoms with Crippen molar-refractivity contribution in [3.63, 3.8) is 0 Å². The van der Waals surface area contributed by atoms with E-state index in [0.29, 0.717) is 0 Å². The Morgan fingerprint density at radius 2 is 1.09 bits per heavy atom. The zero-order valence-corrected chi connectivity index (χ0v) is 25.3. The van der Waals surface area contributed by atoms with Crippen LogP contribution < -0.4 is 4.74 Å². The van der Waals surface area contributed by atoms with Crippen LogP contribution in [0.1, 0.15) is 43.2 Å². The molecule has 6 aromatic rings. The summed E-state index contributed by atoms with van der Waals surface area (Å²) in [6.07, 6.45) is 7.16. The minimum absolute atomic E-state index is 0.197. The second-order valence-corrected chi connectivity index (χ2v) is 14.5. The predicted molar refractivity (Wildman–Crippen MR) is 184 cm³/mol. The van der Waals surface area contributed by atoms with E-state index in [4.69, 9.17) is 4.74 Å². The zero-order chi connectivity index (χ0) is 29.3. The lowest BCUT2D eigenvalue weighted by atomic mass is 9.43. The van der Waals surface area contributed by atoms with Gasteiger partial charge in [-0.3, -0.25) is 0 Å². The molecule has 0 aromatic heterocycles. The van der Waals surface area contributed by atoms with Crippen LogP contribution in [0.4, 0.5) is 0 Å². The van der Waals surface area contributed by atoms with Gasteiger partial charge >= 0.3 is 0 Å². The molecule has 4 bridgehead atoms. The van der Waals surface area contributed by atoms with E-state index in [1.807, 2.05) is 0 Å². The van der Waals surface area contributed by atoms with E-state index in [1.54, 1.807) is 11.1 Å².